The first-order valence-electron chi connectivity index (χ1n) is 13.5. The van der Waals surface area contributed by atoms with E-state index in [0.717, 1.165) is 32.8 Å². The van der Waals surface area contributed by atoms with Gasteiger partial charge in [-0.15, -0.1) is 0 Å². The third kappa shape index (κ3) is 5.89. The Morgan fingerprint density at radius 1 is 1.24 bits per heavy atom. The SMILES string of the molecule is CCS(=O)(=O)N1CC[C@H](Nc2c(Br)cnc3[nH]c(-c4cc(C)n(-c5cccc(C(=O)NCN(C)C)c5)c4C)nc23)C1. The van der Waals surface area contributed by atoms with Crippen LogP contribution >= 0.6 is 15.9 Å². The number of nitrogens with one attached hydrogen (secondary N) is 3. The predicted molar refractivity (Wildman–Crippen MR) is 165 cm³/mol. The zero-order valence-electron chi connectivity index (χ0n) is 23.8. The summed E-state index contributed by atoms with van der Waals surface area (Å²) < 4.78 is 29.1. The molecule has 0 saturated carbocycles. The van der Waals surface area contributed by atoms with Crippen LogP contribution in [0.15, 0.2) is 41.0 Å². The lowest BCUT2D eigenvalue weighted by molar-refractivity contribution is 0.0935. The Balaban J connectivity index is 1.45. The number of carbonyl (C=O) groups is 1. The maximum Gasteiger partial charge on any atom is 0.252 e. The number of pyridine rings is 1. The molecule has 1 aliphatic heterocycles. The number of hydrogen-bond acceptors (Lipinski definition) is 7. The van der Waals surface area contributed by atoms with Crippen molar-refractivity contribution in [2.75, 3.05) is 44.9 Å². The van der Waals surface area contributed by atoms with E-state index < -0.39 is 10.0 Å². The van der Waals surface area contributed by atoms with Crippen molar-refractivity contribution in [2.45, 2.75) is 33.2 Å². The Bertz CT molecular complexity index is 1710. The van der Waals surface area contributed by atoms with Crippen LogP contribution in [0.2, 0.25) is 0 Å². The molecule has 3 aromatic heterocycles. The molecular weight excluding hydrogens is 608 g/mol. The molecule has 11 nitrogen and oxygen atoms in total. The van der Waals surface area contributed by atoms with Gasteiger partial charge < -0.3 is 20.2 Å². The highest BCUT2D eigenvalue weighted by Crippen LogP contribution is 2.34. The van der Waals surface area contributed by atoms with Gasteiger partial charge >= 0.3 is 0 Å². The summed E-state index contributed by atoms with van der Waals surface area (Å²) in [4.78, 5) is 27.4. The largest absolute Gasteiger partial charge is 0.378 e. The normalized spacial score (nSPS) is 16.1. The maximum atomic E-state index is 12.7. The number of sulfonamides is 1. The van der Waals surface area contributed by atoms with Crippen LogP contribution in [0, 0.1) is 13.8 Å². The van der Waals surface area contributed by atoms with Crippen molar-refractivity contribution in [1.29, 1.82) is 0 Å². The highest BCUT2D eigenvalue weighted by molar-refractivity contribution is 9.10. The number of rotatable bonds is 9. The Kier molecular flexibility index (Phi) is 8.24. The first kappa shape index (κ1) is 29.2. The van der Waals surface area contributed by atoms with Crippen LogP contribution in [0.5, 0.6) is 0 Å². The van der Waals surface area contributed by atoms with E-state index in [0.29, 0.717) is 48.7 Å². The van der Waals surface area contributed by atoms with E-state index in [1.807, 2.05) is 57.1 Å². The predicted octanol–water partition coefficient (Wildman–Crippen LogP) is 3.88. The standard InChI is InChI=1S/C28H35BrN8O3S/c1-6-41(39,40)36-11-10-20(15-36)32-24-23(29)14-30-27-25(24)33-26(34-27)22-12-17(2)37(18(22)3)21-9-7-8-19(13-21)28(38)31-16-35(4)5/h7-9,12-14,20H,6,10-11,15-16H2,1-5H3,(H,31,38)(H2,30,32,33,34)/t20-/m0/s1. The van der Waals surface area contributed by atoms with Gasteiger partial charge in [-0.05, 0) is 81.5 Å². The summed E-state index contributed by atoms with van der Waals surface area (Å²) in [5.41, 5.74) is 6.45. The number of fused-ring (bicyclic) bond motifs is 1. The zero-order valence-corrected chi connectivity index (χ0v) is 26.2. The number of halogens is 1. The first-order valence-corrected chi connectivity index (χ1v) is 15.9. The number of aromatic amines is 1. The number of imidazole rings is 1. The van der Waals surface area contributed by atoms with Crippen LogP contribution in [-0.4, -0.2) is 88.7 Å². The lowest BCUT2D eigenvalue weighted by Crippen LogP contribution is -2.33. The topological polar surface area (TPSA) is 128 Å². The molecule has 3 N–H and O–H groups in total. The Labute approximate surface area is 248 Å². The molecule has 4 heterocycles. The van der Waals surface area contributed by atoms with Crippen molar-refractivity contribution in [3.05, 3.63) is 58.0 Å². The summed E-state index contributed by atoms with van der Waals surface area (Å²) in [5, 5.41) is 6.43. The van der Waals surface area contributed by atoms with Crippen LogP contribution in [0.1, 0.15) is 35.1 Å². The number of benzene rings is 1. The molecule has 1 fully saturated rings. The van der Waals surface area contributed by atoms with Crippen LogP contribution in [0.4, 0.5) is 5.69 Å². The molecule has 0 radical (unpaired) electrons. The molecule has 1 atom stereocenters. The van der Waals surface area contributed by atoms with Gasteiger partial charge in [0.1, 0.15) is 11.3 Å². The number of aromatic nitrogens is 4. The van der Waals surface area contributed by atoms with Gasteiger partial charge in [0.25, 0.3) is 5.91 Å². The number of nitrogens with zero attached hydrogens (tertiary/aromatic N) is 5. The molecule has 5 rings (SSSR count). The third-order valence-corrected chi connectivity index (χ3v) is 9.78. The smallest absolute Gasteiger partial charge is 0.252 e. The van der Waals surface area contributed by atoms with Gasteiger partial charge in [-0.3, -0.25) is 9.69 Å². The minimum Gasteiger partial charge on any atom is -0.378 e. The molecule has 0 unspecified atom stereocenters. The average molecular weight is 644 g/mol. The fourth-order valence-corrected chi connectivity index (χ4v) is 6.76. The molecule has 1 amide bonds. The van der Waals surface area contributed by atoms with E-state index in [4.69, 9.17) is 4.98 Å². The van der Waals surface area contributed by atoms with Gasteiger partial charge in [-0.2, -0.15) is 4.31 Å². The number of anilines is 1. The number of carbonyl (C=O) groups excluding carboxylic acids is 1. The van der Waals surface area contributed by atoms with Crippen molar-refractivity contribution in [3.8, 4) is 17.1 Å². The lowest BCUT2D eigenvalue weighted by atomic mass is 10.1. The van der Waals surface area contributed by atoms with E-state index >= 15 is 0 Å². The van der Waals surface area contributed by atoms with Crippen molar-refractivity contribution in [1.82, 2.24) is 34.0 Å². The Morgan fingerprint density at radius 2 is 2.02 bits per heavy atom. The van der Waals surface area contributed by atoms with Crippen LogP contribution in [0.3, 0.4) is 0 Å². The van der Waals surface area contributed by atoms with Crippen LogP contribution in [-0.2, 0) is 10.0 Å². The van der Waals surface area contributed by atoms with Crippen molar-refractivity contribution < 1.29 is 13.2 Å². The van der Waals surface area contributed by atoms with Gasteiger partial charge in [-0.1, -0.05) is 6.07 Å². The second-order valence-electron chi connectivity index (χ2n) is 10.6. The molecule has 41 heavy (non-hydrogen) atoms. The maximum absolute atomic E-state index is 12.7. The van der Waals surface area contributed by atoms with Crippen LogP contribution < -0.4 is 10.6 Å². The van der Waals surface area contributed by atoms with Gasteiger partial charge in [-0.25, -0.2) is 18.4 Å². The average Bonchev–Trinajstić information content (AvgIpc) is 3.66. The Morgan fingerprint density at radius 3 is 2.76 bits per heavy atom. The molecule has 1 saturated heterocycles. The van der Waals surface area contributed by atoms with Crippen molar-refractivity contribution >= 4 is 48.7 Å². The molecule has 0 aliphatic carbocycles. The number of hydrogen-bond donors (Lipinski definition) is 3. The first-order chi connectivity index (χ1) is 19.5. The van der Waals surface area contributed by atoms with Gasteiger partial charge in [0.15, 0.2) is 5.65 Å². The summed E-state index contributed by atoms with van der Waals surface area (Å²) in [6.07, 6.45) is 2.43. The van der Waals surface area contributed by atoms with E-state index in [1.165, 1.54) is 0 Å². The van der Waals surface area contributed by atoms with Gasteiger partial charge in [0.05, 0.1) is 22.6 Å². The molecule has 1 aliphatic rings. The summed E-state index contributed by atoms with van der Waals surface area (Å²) in [5.74, 6) is 0.641. The molecule has 0 spiro atoms. The second-order valence-corrected chi connectivity index (χ2v) is 13.7. The minimum absolute atomic E-state index is 0.0364. The Hall–Kier alpha value is -3.26. The molecule has 4 aromatic rings. The zero-order chi connectivity index (χ0) is 29.5. The molecule has 13 heteroatoms. The summed E-state index contributed by atoms with van der Waals surface area (Å²) in [6, 6.07) is 9.59. The third-order valence-electron chi connectivity index (χ3n) is 7.33. The fourth-order valence-electron chi connectivity index (χ4n) is 5.20. The summed E-state index contributed by atoms with van der Waals surface area (Å²) >= 11 is 3.61. The number of amides is 1. The summed E-state index contributed by atoms with van der Waals surface area (Å²) in [7, 11) is 0.572. The van der Waals surface area contributed by atoms with E-state index in [2.05, 4.69) is 47.2 Å². The molecule has 0 bridgehead atoms. The van der Waals surface area contributed by atoms with E-state index in [9.17, 15) is 13.2 Å². The second kappa shape index (κ2) is 11.6. The lowest BCUT2D eigenvalue weighted by Gasteiger charge is -2.17. The molecule has 218 valence electrons. The quantitative estimate of drug-likeness (QED) is 0.236. The monoisotopic (exact) mass is 642 g/mol. The van der Waals surface area contributed by atoms with E-state index in [-0.39, 0.29) is 17.7 Å². The van der Waals surface area contributed by atoms with Gasteiger partial charge in [0.2, 0.25) is 10.0 Å². The molecular formula is C28H35BrN8O3S. The number of aryl methyl sites for hydroxylation is 1. The highest BCUT2D eigenvalue weighted by Gasteiger charge is 2.31. The van der Waals surface area contributed by atoms with Crippen LogP contribution in [0.25, 0.3) is 28.2 Å². The van der Waals surface area contributed by atoms with Crippen molar-refractivity contribution in [3.63, 3.8) is 0 Å². The fraction of sp³-hybridized carbons (Fsp3) is 0.393. The number of H-pyrrole nitrogens is 1. The molecule has 1 aromatic carbocycles. The van der Waals surface area contributed by atoms with Gasteiger partial charge in [0, 0.05) is 53.5 Å². The minimum atomic E-state index is -3.23. The summed E-state index contributed by atoms with van der Waals surface area (Å²) in [6.45, 7) is 7.08. The van der Waals surface area contributed by atoms with E-state index in [1.54, 1.807) is 17.4 Å². The highest BCUT2D eigenvalue weighted by atomic mass is 79.9. The van der Waals surface area contributed by atoms with Crippen molar-refractivity contribution in [2.24, 2.45) is 0 Å².